The highest BCUT2D eigenvalue weighted by Gasteiger charge is 2.33. The first-order valence-corrected chi connectivity index (χ1v) is 9.45. The van der Waals surface area contributed by atoms with Gasteiger partial charge in [0.25, 0.3) is 0 Å². The lowest BCUT2D eigenvalue weighted by Crippen LogP contribution is -2.32. The van der Waals surface area contributed by atoms with Crippen LogP contribution in [0.2, 0.25) is 0 Å². The van der Waals surface area contributed by atoms with Crippen LogP contribution in [0.1, 0.15) is 22.9 Å². The predicted octanol–water partition coefficient (Wildman–Crippen LogP) is 3.60. The number of hydrogen-bond donors (Lipinski definition) is 1. The van der Waals surface area contributed by atoms with Gasteiger partial charge in [0.05, 0.1) is 15.2 Å². The van der Waals surface area contributed by atoms with Crippen molar-refractivity contribution in [1.82, 2.24) is 9.88 Å². The van der Waals surface area contributed by atoms with Crippen molar-refractivity contribution in [3.8, 4) is 0 Å². The number of aryl methyl sites for hydroxylation is 1. The molecule has 0 saturated carbocycles. The number of nitrogens with two attached hydrogens (primary N) is 1. The van der Waals surface area contributed by atoms with Crippen molar-refractivity contribution < 1.29 is 4.79 Å². The second kappa shape index (κ2) is 8.16. The predicted molar refractivity (Wildman–Crippen MR) is 109 cm³/mol. The Hall–Kier alpha value is -1.95. The van der Waals surface area contributed by atoms with Crippen LogP contribution in [-0.4, -0.2) is 34.9 Å². The van der Waals surface area contributed by atoms with E-state index in [1.165, 1.54) is 10.3 Å². The van der Waals surface area contributed by atoms with E-state index in [0.29, 0.717) is 25.9 Å². The second-order valence-electron chi connectivity index (χ2n) is 6.56. The minimum Gasteiger partial charge on any atom is -0.340 e. The highest BCUT2D eigenvalue weighted by atomic mass is 35.5. The van der Waals surface area contributed by atoms with Crippen LogP contribution in [0, 0.1) is 0 Å². The van der Waals surface area contributed by atoms with Gasteiger partial charge in [-0.2, -0.15) is 0 Å². The third kappa shape index (κ3) is 3.90. The van der Waals surface area contributed by atoms with E-state index in [4.69, 9.17) is 5.73 Å². The van der Waals surface area contributed by atoms with E-state index in [0.717, 1.165) is 10.5 Å². The topological polar surface area (TPSA) is 59.2 Å². The van der Waals surface area contributed by atoms with E-state index in [1.54, 1.807) is 11.3 Å². The summed E-state index contributed by atoms with van der Waals surface area (Å²) in [7, 11) is 0. The summed E-state index contributed by atoms with van der Waals surface area (Å²) in [6, 6.07) is 18.4. The molecule has 2 N–H and O–H groups in total. The van der Waals surface area contributed by atoms with Gasteiger partial charge in [-0.15, -0.1) is 23.7 Å². The van der Waals surface area contributed by atoms with Gasteiger partial charge in [-0.1, -0.05) is 42.5 Å². The number of amides is 1. The molecule has 1 aromatic heterocycles. The molecule has 0 spiro atoms. The number of halogens is 1. The quantitative estimate of drug-likeness (QED) is 0.744. The van der Waals surface area contributed by atoms with E-state index in [1.807, 2.05) is 41.3 Å². The van der Waals surface area contributed by atoms with Gasteiger partial charge in [0.1, 0.15) is 0 Å². The number of rotatable bonds is 4. The number of carbonyl (C=O) groups is 1. The lowest BCUT2D eigenvalue weighted by atomic mass is 9.95. The molecule has 0 radical (unpaired) electrons. The van der Waals surface area contributed by atoms with Crippen molar-refractivity contribution >= 4 is 39.9 Å². The van der Waals surface area contributed by atoms with Crippen molar-refractivity contribution in [1.29, 1.82) is 0 Å². The fourth-order valence-electron chi connectivity index (χ4n) is 3.48. The number of nitrogens with zero attached hydrogens (tertiary/aromatic N) is 2. The van der Waals surface area contributed by atoms with Crippen LogP contribution in [0.25, 0.3) is 10.2 Å². The molecule has 2 aromatic carbocycles. The fraction of sp³-hybridized carbons (Fsp3) is 0.300. The number of fused-ring (bicyclic) bond motifs is 1. The number of thiazole rings is 1. The van der Waals surface area contributed by atoms with E-state index >= 15 is 0 Å². The Labute approximate surface area is 163 Å². The van der Waals surface area contributed by atoms with Crippen LogP contribution in [0.4, 0.5) is 0 Å². The average molecular weight is 388 g/mol. The standard InChI is InChI=1S/C20H21N3OS.ClH/c21-16-13-23(12-15(16)14-6-2-1-3-7-14)20(24)11-10-19-22-17-8-4-5-9-18(17)25-19;/h1-9,15-16H,10-13,21H2;1H/t15-,16+;/m0./s1. The van der Waals surface area contributed by atoms with Gasteiger partial charge in [-0.05, 0) is 17.7 Å². The molecule has 3 aromatic rings. The molecule has 1 aliphatic rings. The molecular formula is C20H22ClN3OS. The van der Waals surface area contributed by atoms with Crippen LogP contribution >= 0.6 is 23.7 Å². The van der Waals surface area contributed by atoms with Gasteiger partial charge in [0.2, 0.25) is 5.91 Å². The third-order valence-electron chi connectivity index (χ3n) is 4.84. The molecular weight excluding hydrogens is 366 g/mol. The van der Waals surface area contributed by atoms with Crippen LogP contribution in [0.15, 0.2) is 54.6 Å². The Kier molecular flexibility index (Phi) is 5.91. The summed E-state index contributed by atoms with van der Waals surface area (Å²) in [5, 5.41) is 1.03. The Balaban J connectivity index is 0.00000196. The highest BCUT2D eigenvalue weighted by molar-refractivity contribution is 7.18. The van der Waals surface area contributed by atoms with Gasteiger partial charge < -0.3 is 10.6 Å². The lowest BCUT2D eigenvalue weighted by Gasteiger charge is -2.16. The van der Waals surface area contributed by atoms with E-state index in [-0.39, 0.29) is 30.3 Å². The van der Waals surface area contributed by atoms with Gasteiger partial charge in [-0.3, -0.25) is 4.79 Å². The van der Waals surface area contributed by atoms with Crippen LogP contribution in [0.5, 0.6) is 0 Å². The molecule has 1 amide bonds. The van der Waals surface area contributed by atoms with E-state index in [2.05, 4.69) is 23.2 Å². The summed E-state index contributed by atoms with van der Waals surface area (Å²) >= 11 is 1.67. The number of benzene rings is 2. The summed E-state index contributed by atoms with van der Waals surface area (Å²) in [6.45, 7) is 1.35. The first-order valence-electron chi connectivity index (χ1n) is 8.63. The van der Waals surface area contributed by atoms with Crippen molar-refractivity contribution in [3.05, 3.63) is 65.2 Å². The number of para-hydroxylation sites is 1. The Morgan fingerprint density at radius 3 is 2.62 bits per heavy atom. The molecule has 0 aliphatic carbocycles. The number of aromatic nitrogens is 1. The number of likely N-dealkylation sites (tertiary alicyclic amines) is 1. The Morgan fingerprint density at radius 2 is 1.85 bits per heavy atom. The summed E-state index contributed by atoms with van der Waals surface area (Å²) in [6.07, 6.45) is 1.19. The van der Waals surface area contributed by atoms with Crippen molar-refractivity contribution in [3.63, 3.8) is 0 Å². The normalized spacial score (nSPS) is 19.5. The lowest BCUT2D eigenvalue weighted by molar-refractivity contribution is -0.130. The van der Waals surface area contributed by atoms with Crippen LogP contribution in [0.3, 0.4) is 0 Å². The van der Waals surface area contributed by atoms with E-state index < -0.39 is 0 Å². The van der Waals surface area contributed by atoms with Gasteiger partial charge in [0.15, 0.2) is 0 Å². The summed E-state index contributed by atoms with van der Waals surface area (Å²) in [5.41, 5.74) is 8.53. The molecule has 1 fully saturated rings. The Bertz CT molecular complexity index is 850. The molecule has 4 nitrogen and oxygen atoms in total. The molecule has 0 bridgehead atoms. The number of carbonyl (C=O) groups excluding carboxylic acids is 1. The SMILES string of the molecule is Cl.N[C@@H]1CN(C(=O)CCc2nc3ccccc3s2)C[C@H]1c1ccccc1. The third-order valence-corrected chi connectivity index (χ3v) is 5.93. The smallest absolute Gasteiger partial charge is 0.223 e. The number of hydrogen-bond acceptors (Lipinski definition) is 4. The molecule has 26 heavy (non-hydrogen) atoms. The molecule has 2 atom stereocenters. The first kappa shape index (κ1) is 18.8. The fourth-order valence-corrected chi connectivity index (χ4v) is 4.45. The molecule has 136 valence electrons. The van der Waals surface area contributed by atoms with Gasteiger partial charge in [0, 0.05) is 37.9 Å². The zero-order chi connectivity index (χ0) is 17.2. The minimum atomic E-state index is 0. The van der Waals surface area contributed by atoms with Crippen molar-refractivity contribution in [2.45, 2.75) is 24.8 Å². The second-order valence-corrected chi connectivity index (χ2v) is 7.67. The molecule has 0 unspecified atom stereocenters. The zero-order valence-electron chi connectivity index (χ0n) is 14.4. The Morgan fingerprint density at radius 1 is 1.12 bits per heavy atom. The molecule has 6 heteroatoms. The van der Waals surface area contributed by atoms with Gasteiger partial charge >= 0.3 is 0 Å². The maximum atomic E-state index is 12.6. The average Bonchev–Trinajstić information content (AvgIpc) is 3.23. The maximum Gasteiger partial charge on any atom is 0.223 e. The van der Waals surface area contributed by atoms with E-state index in [9.17, 15) is 4.79 Å². The first-order chi connectivity index (χ1) is 12.2. The molecule has 2 heterocycles. The maximum absolute atomic E-state index is 12.6. The molecule has 1 aliphatic heterocycles. The largest absolute Gasteiger partial charge is 0.340 e. The minimum absolute atomic E-state index is 0. The highest BCUT2D eigenvalue weighted by Crippen LogP contribution is 2.27. The van der Waals surface area contributed by atoms with Gasteiger partial charge in [-0.25, -0.2) is 4.98 Å². The zero-order valence-corrected chi connectivity index (χ0v) is 16.0. The summed E-state index contributed by atoms with van der Waals surface area (Å²) < 4.78 is 1.18. The van der Waals surface area contributed by atoms with Crippen LogP contribution < -0.4 is 5.73 Å². The monoisotopic (exact) mass is 387 g/mol. The van der Waals surface area contributed by atoms with Crippen LogP contribution in [-0.2, 0) is 11.2 Å². The van der Waals surface area contributed by atoms with Crippen molar-refractivity contribution in [2.24, 2.45) is 5.73 Å². The summed E-state index contributed by atoms with van der Waals surface area (Å²) in [4.78, 5) is 19.1. The summed E-state index contributed by atoms with van der Waals surface area (Å²) in [5.74, 6) is 0.403. The molecule has 1 saturated heterocycles. The molecule has 4 rings (SSSR count). The van der Waals surface area contributed by atoms with Crippen molar-refractivity contribution in [2.75, 3.05) is 13.1 Å².